The van der Waals surface area contributed by atoms with Crippen molar-refractivity contribution in [3.05, 3.63) is 48.0 Å². The quantitative estimate of drug-likeness (QED) is 0.831. The summed E-state index contributed by atoms with van der Waals surface area (Å²) >= 11 is 0. The van der Waals surface area contributed by atoms with Crippen molar-refractivity contribution < 1.29 is 23.5 Å². The van der Waals surface area contributed by atoms with Crippen molar-refractivity contribution >= 4 is 11.9 Å². The van der Waals surface area contributed by atoms with Crippen molar-refractivity contribution in [2.24, 2.45) is 11.3 Å². The smallest absolute Gasteiger partial charge is 0.311 e. The Labute approximate surface area is 157 Å². The third-order valence-electron chi connectivity index (χ3n) is 5.57. The number of hydrogen-bond acceptors (Lipinski definition) is 3. The summed E-state index contributed by atoms with van der Waals surface area (Å²) in [6.07, 6.45) is 1.10. The van der Waals surface area contributed by atoms with Gasteiger partial charge in [-0.2, -0.15) is 0 Å². The molecule has 6 heteroatoms. The molecule has 1 aromatic heterocycles. The molecule has 5 nitrogen and oxygen atoms in total. The van der Waals surface area contributed by atoms with Crippen LogP contribution in [0.3, 0.4) is 0 Å². The molecular weight excluding hydrogens is 349 g/mol. The van der Waals surface area contributed by atoms with Crippen molar-refractivity contribution in [1.82, 2.24) is 4.90 Å². The standard InChI is InChI=1S/C21H24FNO4/c1-14(2)21(20(25)26)11-12-23(13-21)19(24)10-8-15-7-9-18(27-15)16-5-3-4-6-17(16)22/h3-7,9,14H,8,10-13H2,1-2H3,(H,25,26). The van der Waals surface area contributed by atoms with E-state index in [1.807, 2.05) is 13.8 Å². The molecule has 1 aromatic carbocycles. The lowest BCUT2D eigenvalue weighted by Crippen LogP contribution is -2.40. The monoisotopic (exact) mass is 373 g/mol. The van der Waals surface area contributed by atoms with Crippen LogP contribution in [-0.4, -0.2) is 35.0 Å². The zero-order valence-corrected chi connectivity index (χ0v) is 15.6. The maximum absolute atomic E-state index is 13.8. The molecule has 2 heterocycles. The molecule has 1 unspecified atom stereocenters. The lowest BCUT2D eigenvalue weighted by molar-refractivity contribution is -0.151. The van der Waals surface area contributed by atoms with E-state index in [4.69, 9.17) is 4.42 Å². The number of aliphatic carboxylic acids is 1. The summed E-state index contributed by atoms with van der Waals surface area (Å²) < 4.78 is 19.5. The molecule has 1 aliphatic rings. The highest BCUT2D eigenvalue weighted by atomic mass is 19.1. The molecule has 0 spiro atoms. The van der Waals surface area contributed by atoms with Gasteiger partial charge >= 0.3 is 5.97 Å². The number of carboxylic acids is 1. The molecule has 27 heavy (non-hydrogen) atoms. The van der Waals surface area contributed by atoms with Gasteiger partial charge in [0.1, 0.15) is 17.3 Å². The highest BCUT2D eigenvalue weighted by Crippen LogP contribution is 2.38. The number of carboxylic acid groups (broad SMARTS) is 1. The molecular formula is C21H24FNO4. The van der Waals surface area contributed by atoms with Crippen molar-refractivity contribution in [2.75, 3.05) is 13.1 Å². The van der Waals surface area contributed by atoms with E-state index in [9.17, 15) is 19.1 Å². The first-order valence-corrected chi connectivity index (χ1v) is 9.18. The molecule has 0 aliphatic carbocycles. The zero-order chi connectivity index (χ0) is 19.6. The van der Waals surface area contributed by atoms with Gasteiger partial charge in [0.05, 0.1) is 11.0 Å². The van der Waals surface area contributed by atoms with Gasteiger partial charge in [-0.15, -0.1) is 0 Å². The summed E-state index contributed by atoms with van der Waals surface area (Å²) in [5.41, 5.74) is -0.476. The highest BCUT2D eigenvalue weighted by molar-refractivity contribution is 5.81. The van der Waals surface area contributed by atoms with Crippen molar-refractivity contribution in [1.29, 1.82) is 0 Å². The van der Waals surface area contributed by atoms with Crippen LogP contribution in [0, 0.1) is 17.2 Å². The molecule has 3 rings (SSSR count). The van der Waals surface area contributed by atoms with Crippen LogP contribution in [0.4, 0.5) is 4.39 Å². The van der Waals surface area contributed by atoms with Crippen molar-refractivity contribution in [3.63, 3.8) is 0 Å². The first-order valence-electron chi connectivity index (χ1n) is 9.18. The van der Waals surface area contributed by atoms with Crippen LogP contribution >= 0.6 is 0 Å². The number of benzene rings is 1. The molecule has 1 fully saturated rings. The van der Waals surface area contributed by atoms with Crippen LogP contribution < -0.4 is 0 Å². The Kier molecular flexibility index (Phi) is 5.35. The van der Waals surface area contributed by atoms with E-state index in [1.165, 1.54) is 6.07 Å². The Hall–Kier alpha value is -2.63. The Morgan fingerprint density at radius 3 is 2.63 bits per heavy atom. The first-order chi connectivity index (χ1) is 12.8. The maximum Gasteiger partial charge on any atom is 0.311 e. The Balaban J connectivity index is 1.61. The number of aryl methyl sites for hydroxylation is 1. The summed E-state index contributed by atoms with van der Waals surface area (Å²) in [5.74, 6) is -0.280. The van der Waals surface area contributed by atoms with Gasteiger partial charge in [0, 0.05) is 25.9 Å². The highest BCUT2D eigenvalue weighted by Gasteiger charge is 2.48. The molecule has 1 N–H and O–H groups in total. The van der Waals surface area contributed by atoms with Crippen LogP contribution in [0.5, 0.6) is 0 Å². The van der Waals surface area contributed by atoms with Gasteiger partial charge < -0.3 is 14.4 Å². The summed E-state index contributed by atoms with van der Waals surface area (Å²) in [6, 6.07) is 9.81. The van der Waals surface area contributed by atoms with Crippen LogP contribution in [-0.2, 0) is 16.0 Å². The van der Waals surface area contributed by atoms with Gasteiger partial charge in [0.15, 0.2) is 0 Å². The predicted molar refractivity (Wildman–Crippen MR) is 98.5 cm³/mol. The van der Waals surface area contributed by atoms with E-state index in [2.05, 4.69) is 0 Å². The van der Waals surface area contributed by atoms with Gasteiger partial charge in [-0.3, -0.25) is 9.59 Å². The molecule has 1 atom stereocenters. The van der Waals surface area contributed by atoms with Crippen LogP contribution in [0.15, 0.2) is 40.8 Å². The fraction of sp³-hybridized carbons (Fsp3) is 0.429. The molecule has 1 aliphatic heterocycles. The van der Waals surface area contributed by atoms with Gasteiger partial charge in [0.25, 0.3) is 0 Å². The molecule has 0 radical (unpaired) electrons. The number of furan rings is 1. The zero-order valence-electron chi connectivity index (χ0n) is 15.6. The lowest BCUT2D eigenvalue weighted by Gasteiger charge is -2.28. The number of halogens is 1. The minimum atomic E-state index is -0.863. The van der Waals surface area contributed by atoms with Gasteiger partial charge in [-0.1, -0.05) is 26.0 Å². The van der Waals surface area contributed by atoms with Gasteiger partial charge in [-0.25, -0.2) is 4.39 Å². The van der Waals surface area contributed by atoms with E-state index in [0.717, 1.165) is 0 Å². The second-order valence-corrected chi connectivity index (χ2v) is 7.43. The lowest BCUT2D eigenvalue weighted by atomic mass is 9.76. The van der Waals surface area contributed by atoms with E-state index < -0.39 is 11.4 Å². The minimum Gasteiger partial charge on any atom is -0.481 e. The van der Waals surface area contributed by atoms with Crippen molar-refractivity contribution in [2.45, 2.75) is 33.1 Å². The molecule has 144 valence electrons. The summed E-state index contributed by atoms with van der Waals surface area (Å²) in [5, 5.41) is 9.59. The first kappa shape index (κ1) is 19.1. The largest absolute Gasteiger partial charge is 0.481 e. The van der Waals surface area contributed by atoms with Gasteiger partial charge in [-0.05, 0) is 36.6 Å². The number of likely N-dealkylation sites (tertiary alicyclic amines) is 1. The number of carbonyl (C=O) groups is 2. The molecule has 1 saturated heterocycles. The van der Waals surface area contributed by atoms with Gasteiger partial charge in [0.2, 0.25) is 5.91 Å². The average Bonchev–Trinajstić information content (AvgIpc) is 3.28. The summed E-state index contributed by atoms with van der Waals surface area (Å²) in [6.45, 7) is 4.48. The average molecular weight is 373 g/mol. The predicted octanol–water partition coefficient (Wildman–Crippen LogP) is 3.98. The Morgan fingerprint density at radius 1 is 1.26 bits per heavy atom. The van der Waals surface area contributed by atoms with Crippen molar-refractivity contribution in [3.8, 4) is 11.3 Å². The molecule has 0 saturated carbocycles. The maximum atomic E-state index is 13.8. The number of amides is 1. The molecule has 0 bridgehead atoms. The molecule has 2 aromatic rings. The second kappa shape index (κ2) is 7.55. The fourth-order valence-electron chi connectivity index (χ4n) is 3.65. The third kappa shape index (κ3) is 3.75. The SMILES string of the molecule is CC(C)C1(C(=O)O)CCN(C(=O)CCc2ccc(-c3ccccc3F)o2)C1. The summed E-state index contributed by atoms with van der Waals surface area (Å²) in [4.78, 5) is 25.8. The van der Waals surface area contributed by atoms with Crippen LogP contribution in [0.25, 0.3) is 11.3 Å². The van der Waals surface area contributed by atoms with E-state index in [-0.39, 0.29) is 30.6 Å². The Bertz CT molecular complexity index is 844. The van der Waals surface area contributed by atoms with E-state index in [1.54, 1.807) is 35.2 Å². The normalized spacial score (nSPS) is 19.6. The Morgan fingerprint density at radius 2 is 2.00 bits per heavy atom. The number of nitrogens with zero attached hydrogens (tertiary/aromatic N) is 1. The third-order valence-corrected chi connectivity index (χ3v) is 5.57. The minimum absolute atomic E-state index is 0.0406. The number of rotatable bonds is 6. The van der Waals surface area contributed by atoms with Crippen LogP contribution in [0.1, 0.15) is 32.4 Å². The van der Waals surface area contributed by atoms with E-state index in [0.29, 0.717) is 36.5 Å². The number of hydrogen-bond donors (Lipinski definition) is 1. The van der Waals surface area contributed by atoms with E-state index >= 15 is 0 Å². The fourth-order valence-corrected chi connectivity index (χ4v) is 3.65. The topological polar surface area (TPSA) is 70.8 Å². The van der Waals surface area contributed by atoms with Crippen LogP contribution in [0.2, 0.25) is 0 Å². The second-order valence-electron chi connectivity index (χ2n) is 7.43. The summed E-state index contributed by atoms with van der Waals surface area (Å²) in [7, 11) is 0. The number of carbonyl (C=O) groups excluding carboxylic acids is 1. The molecule has 1 amide bonds.